The molecule has 0 atom stereocenters. The minimum atomic E-state index is -0.131. The van der Waals surface area contributed by atoms with Gasteiger partial charge in [0.25, 0.3) is 5.91 Å². The summed E-state index contributed by atoms with van der Waals surface area (Å²) in [6, 6.07) is 7.23. The third-order valence-electron chi connectivity index (χ3n) is 2.65. The van der Waals surface area contributed by atoms with Crippen LogP contribution in [0.4, 0.5) is 5.69 Å². The Kier molecular flexibility index (Phi) is 5.06. The number of ether oxygens (including phenoxy) is 1. The smallest absolute Gasteiger partial charge is 0.253 e. The predicted molar refractivity (Wildman–Crippen MR) is 88.3 cm³/mol. The van der Waals surface area contributed by atoms with Gasteiger partial charge in [-0.25, -0.2) is 0 Å². The molecule has 1 aromatic heterocycles. The van der Waals surface area contributed by atoms with E-state index in [1.54, 1.807) is 25.3 Å². The molecule has 0 bridgehead atoms. The first-order chi connectivity index (χ1) is 9.51. The molecule has 0 aliphatic heterocycles. The van der Waals surface area contributed by atoms with E-state index in [-0.39, 0.29) is 5.91 Å². The number of methoxy groups -OCH3 is 1. The lowest BCUT2D eigenvalue weighted by Gasteiger charge is -2.08. The Morgan fingerprint density at radius 3 is 2.70 bits per heavy atom. The van der Waals surface area contributed by atoms with Gasteiger partial charge in [0.1, 0.15) is 5.75 Å². The van der Waals surface area contributed by atoms with E-state index in [9.17, 15) is 4.79 Å². The van der Waals surface area contributed by atoms with Crippen LogP contribution < -0.4 is 15.8 Å². The number of hydrogen-bond donors (Lipinski definition) is 2. The molecule has 0 saturated heterocycles. The molecule has 106 valence electrons. The van der Waals surface area contributed by atoms with E-state index >= 15 is 0 Å². The van der Waals surface area contributed by atoms with Crippen molar-refractivity contribution in [2.45, 2.75) is 6.54 Å². The summed E-state index contributed by atoms with van der Waals surface area (Å²) < 4.78 is 6.80. The van der Waals surface area contributed by atoms with Crippen molar-refractivity contribution >= 4 is 54.8 Å². The maximum atomic E-state index is 12.0. The van der Waals surface area contributed by atoms with Crippen molar-refractivity contribution in [3.8, 4) is 5.75 Å². The Labute approximate surface area is 137 Å². The second-order valence-corrected chi connectivity index (χ2v) is 7.75. The van der Waals surface area contributed by atoms with Gasteiger partial charge in [-0.3, -0.25) is 4.79 Å². The van der Waals surface area contributed by atoms with Gasteiger partial charge >= 0.3 is 0 Å². The Morgan fingerprint density at radius 2 is 2.15 bits per heavy atom. The van der Waals surface area contributed by atoms with Crippen molar-refractivity contribution in [3.05, 3.63) is 43.0 Å². The van der Waals surface area contributed by atoms with Crippen molar-refractivity contribution in [1.29, 1.82) is 0 Å². The van der Waals surface area contributed by atoms with Crippen molar-refractivity contribution < 1.29 is 9.53 Å². The zero-order valence-corrected chi connectivity index (χ0v) is 14.6. The topological polar surface area (TPSA) is 64.3 Å². The van der Waals surface area contributed by atoms with Crippen LogP contribution in [0.3, 0.4) is 0 Å². The first-order valence-electron chi connectivity index (χ1n) is 5.66. The normalized spacial score (nSPS) is 10.3. The number of nitrogens with one attached hydrogen (secondary N) is 1. The summed E-state index contributed by atoms with van der Waals surface area (Å²) in [6.45, 7) is 0.410. The van der Waals surface area contributed by atoms with E-state index in [1.807, 2.05) is 6.07 Å². The molecule has 7 heteroatoms. The standard InChI is InChI=1S/C13H12Br2N2O2S/c1-19-10-3-2-7(4-9(10)16)6-17-13(18)8-5-11(14)20-12(8)15/h2-5H,6,16H2,1H3,(H,17,18). The van der Waals surface area contributed by atoms with Crippen LogP contribution in [-0.2, 0) is 6.54 Å². The zero-order valence-electron chi connectivity index (χ0n) is 10.6. The molecule has 0 fully saturated rings. The maximum absolute atomic E-state index is 12.0. The number of halogens is 2. The van der Waals surface area contributed by atoms with Crippen LogP contribution in [0.1, 0.15) is 15.9 Å². The minimum absolute atomic E-state index is 0.131. The third-order valence-corrected chi connectivity index (χ3v) is 4.99. The molecular formula is C13H12Br2N2O2S. The highest BCUT2D eigenvalue weighted by atomic mass is 79.9. The first-order valence-corrected chi connectivity index (χ1v) is 8.07. The van der Waals surface area contributed by atoms with Crippen molar-refractivity contribution in [2.75, 3.05) is 12.8 Å². The van der Waals surface area contributed by atoms with E-state index in [4.69, 9.17) is 10.5 Å². The van der Waals surface area contributed by atoms with Gasteiger partial charge in [0.2, 0.25) is 0 Å². The number of rotatable bonds is 4. The molecule has 4 nitrogen and oxygen atoms in total. The number of nitrogen functional groups attached to an aromatic ring is 1. The van der Waals surface area contributed by atoms with Gasteiger partial charge in [-0.2, -0.15) is 0 Å². The average Bonchev–Trinajstić information content (AvgIpc) is 2.75. The highest BCUT2D eigenvalue weighted by Gasteiger charge is 2.13. The van der Waals surface area contributed by atoms with Gasteiger partial charge in [-0.15, -0.1) is 11.3 Å². The van der Waals surface area contributed by atoms with Crippen molar-refractivity contribution in [3.63, 3.8) is 0 Å². The minimum Gasteiger partial charge on any atom is -0.495 e. The highest BCUT2D eigenvalue weighted by Crippen LogP contribution is 2.31. The Morgan fingerprint density at radius 1 is 1.40 bits per heavy atom. The van der Waals surface area contributed by atoms with Crippen LogP contribution in [0, 0.1) is 0 Å². The molecule has 2 rings (SSSR count). The van der Waals surface area contributed by atoms with Crippen LogP contribution in [0.15, 0.2) is 31.8 Å². The molecule has 1 heterocycles. The number of anilines is 1. The zero-order chi connectivity index (χ0) is 14.7. The van der Waals surface area contributed by atoms with E-state index in [2.05, 4.69) is 37.2 Å². The predicted octanol–water partition coefficient (Wildman–Crippen LogP) is 3.79. The molecule has 3 N–H and O–H groups in total. The summed E-state index contributed by atoms with van der Waals surface area (Å²) in [4.78, 5) is 12.0. The van der Waals surface area contributed by atoms with Crippen LogP contribution in [0.2, 0.25) is 0 Å². The molecule has 0 saturated carbocycles. The van der Waals surface area contributed by atoms with Gasteiger partial charge in [0.05, 0.1) is 25.9 Å². The molecule has 0 aliphatic rings. The lowest BCUT2D eigenvalue weighted by Crippen LogP contribution is -2.22. The fourth-order valence-corrected chi connectivity index (χ4v) is 4.46. The summed E-state index contributed by atoms with van der Waals surface area (Å²) in [5.41, 5.74) is 7.91. The number of thiophene rings is 1. The number of benzene rings is 1. The Bertz CT molecular complexity index is 643. The van der Waals surface area contributed by atoms with E-state index < -0.39 is 0 Å². The molecule has 2 aromatic rings. The van der Waals surface area contributed by atoms with Gasteiger partial charge < -0.3 is 15.8 Å². The SMILES string of the molecule is COc1ccc(CNC(=O)c2cc(Br)sc2Br)cc1N. The van der Waals surface area contributed by atoms with Gasteiger partial charge in [0.15, 0.2) is 0 Å². The third kappa shape index (κ3) is 3.53. The van der Waals surface area contributed by atoms with E-state index in [0.717, 1.165) is 13.1 Å². The maximum Gasteiger partial charge on any atom is 0.253 e. The monoisotopic (exact) mass is 418 g/mol. The average molecular weight is 420 g/mol. The van der Waals surface area contributed by atoms with Gasteiger partial charge in [-0.05, 0) is 55.6 Å². The lowest BCUT2D eigenvalue weighted by molar-refractivity contribution is 0.0950. The Hall–Kier alpha value is -1.05. The van der Waals surface area contributed by atoms with E-state index in [0.29, 0.717) is 23.5 Å². The quantitative estimate of drug-likeness (QED) is 0.741. The molecule has 1 aromatic carbocycles. The second-order valence-electron chi connectivity index (χ2n) is 4.00. The van der Waals surface area contributed by atoms with Crippen LogP contribution in [0.5, 0.6) is 5.75 Å². The number of hydrogen-bond acceptors (Lipinski definition) is 4. The summed E-state index contributed by atoms with van der Waals surface area (Å²) >= 11 is 8.18. The highest BCUT2D eigenvalue weighted by molar-refractivity contribution is 9.12. The summed E-state index contributed by atoms with van der Waals surface area (Å²) in [5, 5.41) is 2.85. The Balaban J connectivity index is 2.03. The molecule has 20 heavy (non-hydrogen) atoms. The summed E-state index contributed by atoms with van der Waals surface area (Å²) in [5.74, 6) is 0.498. The van der Waals surface area contributed by atoms with Crippen molar-refractivity contribution in [1.82, 2.24) is 5.32 Å². The van der Waals surface area contributed by atoms with Crippen molar-refractivity contribution in [2.24, 2.45) is 0 Å². The molecule has 0 spiro atoms. The number of amides is 1. The van der Waals surface area contributed by atoms with Crippen LogP contribution >= 0.6 is 43.2 Å². The molecule has 1 amide bonds. The molecule has 0 aliphatic carbocycles. The van der Waals surface area contributed by atoms with Gasteiger partial charge in [0, 0.05) is 6.54 Å². The first kappa shape index (κ1) is 15.3. The summed E-state index contributed by atoms with van der Waals surface area (Å²) in [6.07, 6.45) is 0. The summed E-state index contributed by atoms with van der Waals surface area (Å²) in [7, 11) is 1.57. The fraction of sp³-hybridized carbons (Fsp3) is 0.154. The van der Waals surface area contributed by atoms with E-state index in [1.165, 1.54) is 11.3 Å². The largest absolute Gasteiger partial charge is 0.495 e. The lowest BCUT2D eigenvalue weighted by atomic mass is 10.2. The number of nitrogens with two attached hydrogens (primary N) is 1. The number of carbonyl (C=O) groups is 1. The molecule has 0 radical (unpaired) electrons. The molecular weight excluding hydrogens is 408 g/mol. The van der Waals surface area contributed by atoms with Gasteiger partial charge in [-0.1, -0.05) is 6.07 Å². The van der Waals surface area contributed by atoms with Crippen LogP contribution in [0.25, 0.3) is 0 Å². The number of carbonyl (C=O) groups excluding carboxylic acids is 1. The van der Waals surface area contributed by atoms with Crippen LogP contribution in [-0.4, -0.2) is 13.0 Å². The molecule has 0 unspecified atom stereocenters. The fourth-order valence-electron chi connectivity index (χ4n) is 1.67. The second kappa shape index (κ2) is 6.60.